The molecule has 0 aromatic carbocycles. The molecule has 3 heterocycles. The third-order valence-corrected chi connectivity index (χ3v) is 4.55. The number of carbonyl (C=O) groups is 1. The van der Waals surface area contributed by atoms with Crippen molar-refractivity contribution in [2.45, 2.75) is 38.3 Å². The van der Waals surface area contributed by atoms with E-state index in [1.807, 2.05) is 6.92 Å². The molecule has 6 nitrogen and oxygen atoms in total. The fourth-order valence-electron chi connectivity index (χ4n) is 3.26. The summed E-state index contributed by atoms with van der Waals surface area (Å²) >= 11 is 5.99. The number of fused-ring (bicyclic) bond motifs is 1. The molecule has 0 bridgehead atoms. The molecule has 114 valence electrons. The first kappa shape index (κ1) is 14.5. The molecule has 2 aliphatic rings. The molecule has 0 saturated carbocycles. The number of carbonyl (C=O) groups excluding carboxylic acids is 1. The van der Waals surface area contributed by atoms with Crippen LogP contribution in [0.25, 0.3) is 0 Å². The number of halogens is 1. The maximum Gasteiger partial charge on any atom is 0.249 e. The number of piperidine rings is 1. The van der Waals surface area contributed by atoms with Crippen LogP contribution in [0.3, 0.4) is 0 Å². The average molecular weight is 310 g/mol. The molecule has 7 heteroatoms. The molecule has 0 aliphatic carbocycles. The van der Waals surface area contributed by atoms with Crippen LogP contribution in [0.2, 0.25) is 5.28 Å². The summed E-state index contributed by atoms with van der Waals surface area (Å²) in [5.41, 5.74) is 0.743. The Kier molecular flexibility index (Phi) is 3.99. The third kappa shape index (κ3) is 2.46. The van der Waals surface area contributed by atoms with Gasteiger partial charge in [-0.3, -0.25) is 4.79 Å². The van der Waals surface area contributed by atoms with Crippen LogP contribution < -0.4 is 15.1 Å². The average Bonchev–Trinajstić information content (AvgIpc) is 2.51. The van der Waals surface area contributed by atoms with Crippen molar-refractivity contribution in [2.75, 3.05) is 29.9 Å². The molecule has 1 atom stereocenters. The highest BCUT2D eigenvalue weighted by Crippen LogP contribution is 2.37. The number of anilines is 2. The Labute approximate surface area is 129 Å². The largest absolute Gasteiger partial charge is 0.340 e. The Morgan fingerprint density at radius 1 is 1.43 bits per heavy atom. The highest BCUT2D eigenvalue weighted by atomic mass is 35.5. The lowest BCUT2D eigenvalue weighted by atomic mass is 9.98. The van der Waals surface area contributed by atoms with Gasteiger partial charge in [-0.25, -0.2) is 4.98 Å². The second kappa shape index (κ2) is 5.77. The predicted molar refractivity (Wildman–Crippen MR) is 82.9 cm³/mol. The van der Waals surface area contributed by atoms with Crippen molar-refractivity contribution in [1.29, 1.82) is 0 Å². The van der Waals surface area contributed by atoms with E-state index in [2.05, 4.69) is 20.2 Å². The van der Waals surface area contributed by atoms with E-state index >= 15 is 0 Å². The van der Waals surface area contributed by atoms with Crippen LogP contribution in [0.1, 0.15) is 26.2 Å². The van der Waals surface area contributed by atoms with Crippen molar-refractivity contribution >= 4 is 29.0 Å². The smallest absolute Gasteiger partial charge is 0.249 e. The zero-order chi connectivity index (χ0) is 15.0. The van der Waals surface area contributed by atoms with Gasteiger partial charge in [0.05, 0.1) is 6.20 Å². The Balaban J connectivity index is 2.07. The number of hydrogen-bond donors (Lipinski definition) is 1. The van der Waals surface area contributed by atoms with Crippen molar-refractivity contribution in [2.24, 2.45) is 0 Å². The highest BCUT2D eigenvalue weighted by Gasteiger charge is 2.40. The van der Waals surface area contributed by atoms with Crippen LogP contribution >= 0.6 is 11.6 Å². The fourth-order valence-corrected chi connectivity index (χ4v) is 3.39. The van der Waals surface area contributed by atoms with E-state index in [0.29, 0.717) is 6.04 Å². The standard InChI is InChI=1S/C14H20ClN5O/c1-3-10-13(21)19(2)11-8-17-14(15)18-12(11)20(10)9-4-6-16-7-5-9/h8-10,16H,3-7H2,1-2H3/t10-/m1/s1. The monoisotopic (exact) mass is 309 g/mol. The van der Waals surface area contributed by atoms with Gasteiger partial charge in [0.25, 0.3) is 0 Å². The summed E-state index contributed by atoms with van der Waals surface area (Å²) in [5.74, 6) is 0.894. The van der Waals surface area contributed by atoms with E-state index in [9.17, 15) is 4.79 Å². The van der Waals surface area contributed by atoms with Crippen LogP contribution in [0, 0.1) is 0 Å². The van der Waals surface area contributed by atoms with Gasteiger partial charge in [-0.05, 0) is 44.0 Å². The first-order chi connectivity index (χ1) is 10.1. The maximum atomic E-state index is 12.6. The topological polar surface area (TPSA) is 61.4 Å². The molecule has 1 fully saturated rings. The van der Waals surface area contributed by atoms with Gasteiger partial charge in [0.1, 0.15) is 11.7 Å². The lowest BCUT2D eigenvalue weighted by Gasteiger charge is -2.45. The van der Waals surface area contributed by atoms with Crippen molar-refractivity contribution in [3.63, 3.8) is 0 Å². The summed E-state index contributed by atoms with van der Waals surface area (Å²) in [6.07, 6.45) is 4.42. The third-order valence-electron chi connectivity index (χ3n) is 4.37. The SMILES string of the molecule is CC[C@@H]1C(=O)N(C)c2cnc(Cl)nc2N1C1CCNCC1. The van der Waals surface area contributed by atoms with Crippen LogP contribution in [0.15, 0.2) is 6.20 Å². The molecular formula is C14H20ClN5O. The van der Waals surface area contributed by atoms with Crippen LogP contribution in [-0.2, 0) is 4.79 Å². The number of rotatable bonds is 2. The molecular weight excluding hydrogens is 290 g/mol. The summed E-state index contributed by atoms with van der Waals surface area (Å²) in [4.78, 5) is 24.9. The van der Waals surface area contributed by atoms with E-state index in [4.69, 9.17) is 11.6 Å². The van der Waals surface area contributed by atoms with Crippen molar-refractivity contribution < 1.29 is 4.79 Å². The minimum atomic E-state index is -0.170. The van der Waals surface area contributed by atoms with E-state index in [-0.39, 0.29) is 17.2 Å². The Morgan fingerprint density at radius 2 is 2.14 bits per heavy atom. The number of aromatic nitrogens is 2. The Morgan fingerprint density at radius 3 is 2.81 bits per heavy atom. The molecule has 1 aromatic heterocycles. The Hall–Kier alpha value is -1.40. The van der Waals surface area contributed by atoms with Crippen LogP contribution in [0.4, 0.5) is 11.5 Å². The predicted octanol–water partition coefficient (Wildman–Crippen LogP) is 1.44. The molecule has 1 saturated heterocycles. The first-order valence-corrected chi connectivity index (χ1v) is 7.80. The van der Waals surface area contributed by atoms with Crippen molar-refractivity contribution in [1.82, 2.24) is 15.3 Å². The minimum Gasteiger partial charge on any atom is -0.340 e. The van der Waals surface area contributed by atoms with Gasteiger partial charge in [-0.2, -0.15) is 4.98 Å². The maximum absolute atomic E-state index is 12.6. The van der Waals surface area contributed by atoms with Gasteiger partial charge < -0.3 is 15.1 Å². The summed E-state index contributed by atoms with van der Waals surface area (Å²) in [6.45, 7) is 3.98. The molecule has 0 radical (unpaired) electrons. The van der Waals surface area contributed by atoms with Gasteiger partial charge in [0, 0.05) is 13.1 Å². The zero-order valence-corrected chi connectivity index (χ0v) is 13.1. The van der Waals surface area contributed by atoms with E-state index < -0.39 is 0 Å². The fraction of sp³-hybridized carbons (Fsp3) is 0.643. The quantitative estimate of drug-likeness (QED) is 0.838. The van der Waals surface area contributed by atoms with Gasteiger partial charge >= 0.3 is 0 Å². The second-order valence-electron chi connectivity index (χ2n) is 5.56. The zero-order valence-electron chi connectivity index (χ0n) is 12.3. The van der Waals surface area contributed by atoms with Crippen LogP contribution in [0.5, 0.6) is 0 Å². The van der Waals surface area contributed by atoms with Gasteiger partial charge in [0.2, 0.25) is 11.2 Å². The lowest BCUT2D eigenvalue weighted by Crippen LogP contribution is -2.57. The number of amides is 1. The molecule has 3 rings (SSSR count). The molecule has 1 aromatic rings. The number of nitrogens with zero attached hydrogens (tertiary/aromatic N) is 4. The molecule has 0 unspecified atom stereocenters. The molecule has 1 amide bonds. The first-order valence-electron chi connectivity index (χ1n) is 7.42. The highest BCUT2D eigenvalue weighted by molar-refractivity contribution is 6.28. The summed E-state index contributed by atoms with van der Waals surface area (Å²) < 4.78 is 0. The van der Waals surface area contributed by atoms with Crippen molar-refractivity contribution in [3.05, 3.63) is 11.5 Å². The Bertz CT molecular complexity index is 546. The summed E-state index contributed by atoms with van der Waals surface area (Å²) in [5, 5.41) is 3.59. The summed E-state index contributed by atoms with van der Waals surface area (Å²) in [7, 11) is 1.78. The number of likely N-dealkylation sites (N-methyl/N-ethyl adjacent to an activating group) is 1. The minimum absolute atomic E-state index is 0.106. The summed E-state index contributed by atoms with van der Waals surface area (Å²) in [6, 6.07) is 0.148. The van der Waals surface area contributed by atoms with Gasteiger partial charge in [-0.1, -0.05) is 6.92 Å². The van der Waals surface area contributed by atoms with E-state index in [1.54, 1.807) is 18.1 Å². The van der Waals surface area contributed by atoms with Crippen molar-refractivity contribution in [3.8, 4) is 0 Å². The normalized spacial score (nSPS) is 23.4. The second-order valence-corrected chi connectivity index (χ2v) is 5.90. The molecule has 2 aliphatic heterocycles. The number of hydrogen-bond acceptors (Lipinski definition) is 5. The molecule has 1 N–H and O–H groups in total. The van der Waals surface area contributed by atoms with Gasteiger partial charge in [0.15, 0.2) is 5.82 Å². The lowest BCUT2D eigenvalue weighted by molar-refractivity contribution is -0.120. The van der Waals surface area contributed by atoms with Gasteiger partial charge in [-0.15, -0.1) is 0 Å². The molecule has 21 heavy (non-hydrogen) atoms. The van der Waals surface area contributed by atoms with Crippen LogP contribution in [-0.4, -0.2) is 48.1 Å². The van der Waals surface area contributed by atoms with E-state index in [0.717, 1.165) is 43.9 Å². The van der Waals surface area contributed by atoms with E-state index in [1.165, 1.54) is 0 Å². The number of nitrogens with one attached hydrogen (secondary N) is 1. The molecule has 0 spiro atoms.